The molecule has 0 saturated heterocycles. The summed E-state index contributed by atoms with van der Waals surface area (Å²) in [6, 6.07) is 12.3. The van der Waals surface area contributed by atoms with Crippen LogP contribution < -0.4 is 5.32 Å². The van der Waals surface area contributed by atoms with Crippen molar-refractivity contribution in [2.24, 2.45) is 0 Å². The molecule has 19 heavy (non-hydrogen) atoms. The lowest BCUT2D eigenvalue weighted by Gasteiger charge is -2.10. The Balaban J connectivity index is 2.26. The summed E-state index contributed by atoms with van der Waals surface area (Å²) in [5, 5.41) is 12.3. The number of rotatable bonds is 3. The lowest BCUT2D eigenvalue weighted by molar-refractivity contribution is 0.102. The second kappa shape index (κ2) is 5.87. The van der Waals surface area contributed by atoms with Gasteiger partial charge in [-0.25, -0.2) is 0 Å². The molecule has 0 spiro atoms. The van der Waals surface area contributed by atoms with Crippen molar-refractivity contribution in [1.29, 1.82) is 0 Å². The second-order valence-electron chi connectivity index (χ2n) is 4.24. The molecule has 0 unspecified atom stereocenters. The highest BCUT2D eigenvalue weighted by Gasteiger charge is 2.11. The molecule has 0 aliphatic carbocycles. The Morgan fingerprint density at radius 1 is 1.26 bits per heavy atom. The summed E-state index contributed by atoms with van der Waals surface area (Å²) in [6.07, 6.45) is 0. The minimum atomic E-state index is -0.260. The number of hydrogen-bond donors (Lipinski definition) is 2. The molecule has 0 saturated carbocycles. The zero-order valence-corrected chi connectivity index (χ0v) is 11.2. The van der Waals surface area contributed by atoms with E-state index >= 15 is 0 Å². The maximum absolute atomic E-state index is 12.1. The monoisotopic (exact) mass is 275 g/mol. The molecule has 0 atom stereocenters. The maximum atomic E-state index is 12.1. The molecule has 0 fully saturated rings. The minimum absolute atomic E-state index is 0.0603. The fourth-order valence-corrected chi connectivity index (χ4v) is 1.96. The number of carbonyl (C=O) groups excluding carboxylic acids is 1. The summed E-state index contributed by atoms with van der Waals surface area (Å²) in [5.74, 6) is -0.260. The fraction of sp³-hybridized carbons (Fsp3) is 0.133. The molecule has 2 aromatic carbocycles. The van der Waals surface area contributed by atoms with Gasteiger partial charge in [0.25, 0.3) is 5.91 Å². The fourth-order valence-electron chi connectivity index (χ4n) is 1.74. The number of anilines is 1. The van der Waals surface area contributed by atoms with Gasteiger partial charge in [-0.15, -0.1) is 0 Å². The summed E-state index contributed by atoms with van der Waals surface area (Å²) in [7, 11) is 0. The Bertz CT molecular complexity index is 611. The van der Waals surface area contributed by atoms with Crippen LogP contribution >= 0.6 is 11.6 Å². The van der Waals surface area contributed by atoms with E-state index in [1.54, 1.807) is 30.3 Å². The van der Waals surface area contributed by atoms with Crippen LogP contribution in [0.4, 0.5) is 5.69 Å². The van der Waals surface area contributed by atoms with E-state index in [1.165, 1.54) is 0 Å². The van der Waals surface area contributed by atoms with Crippen LogP contribution in [0.15, 0.2) is 42.5 Å². The zero-order valence-electron chi connectivity index (χ0n) is 10.5. The zero-order chi connectivity index (χ0) is 13.8. The largest absolute Gasteiger partial charge is 0.392 e. The lowest BCUT2D eigenvalue weighted by atomic mass is 10.1. The van der Waals surface area contributed by atoms with Crippen molar-refractivity contribution < 1.29 is 9.90 Å². The normalized spacial score (nSPS) is 10.3. The summed E-state index contributed by atoms with van der Waals surface area (Å²) in [5.41, 5.74) is 2.78. The van der Waals surface area contributed by atoms with Gasteiger partial charge in [-0.2, -0.15) is 0 Å². The van der Waals surface area contributed by atoms with Crippen molar-refractivity contribution >= 4 is 23.2 Å². The van der Waals surface area contributed by atoms with Gasteiger partial charge in [-0.05, 0) is 36.2 Å². The average Bonchev–Trinajstić information content (AvgIpc) is 2.41. The molecule has 3 nitrogen and oxygen atoms in total. The van der Waals surface area contributed by atoms with Crippen LogP contribution in [0, 0.1) is 6.92 Å². The van der Waals surface area contributed by atoms with Gasteiger partial charge < -0.3 is 10.4 Å². The highest BCUT2D eigenvalue weighted by Crippen LogP contribution is 2.20. The van der Waals surface area contributed by atoms with Crippen molar-refractivity contribution in [1.82, 2.24) is 0 Å². The Hall–Kier alpha value is -1.84. The highest BCUT2D eigenvalue weighted by atomic mass is 35.5. The Morgan fingerprint density at radius 3 is 2.68 bits per heavy atom. The van der Waals surface area contributed by atoms with E-state index in [2.05, 4.69) is 5.32 Å². The minimum Gasteiger partial charge on any atom is -0.392 e. The molecule has 2 aromatic rings. The van der Waals surface area contributed by atoms with Crippen LogP contribution in [0.5, 0.6) is 0 Å². The molecule has 98 valence electrons. The maximum Gasteiger partial charge on any atom is 0.257 e. The smallest absolute Gasteiger partial charge is 0.257 e. The van der Waals surface area contributed by atoms with Crippen LogP contribution in [0.25, 0.3) is 0 Å². The number of benzene rings is 2. The molecule has 0 heterocycles. The van der Waals surface area contributed by atoms with Crippen LogP contribution in [0.1, 0.15) is 21.5 Å². The Labute approximate surface area is 116 Å². The molecule has 0 aliphatic heterocycles. The second-order valence-corrected chi connectivity index (χ2v) is 4.65. The molecule has 0 aliphatic rings. The van der Waals surface area contributed by atoms with E-state index < -0.39 is 0 Å². The third kappa shape index (κ3) is 3.13. The van der Waals surface area contributed by atoms with Gasteiger partial charge in [0, 0.05) is 5.69 Å². The third-order valence-electron chi connectivity index (χ3n) is 2.85. The number of amides is 1. The standard InChI is InChI=1S/C15H14ClNO2/c1-10-6-7-11(9-18)8-14(10)17-15(19)12-4-2-3-5-13(12)16/h2-8,18H,9H2,1H3,(H,17,19). The van der Waals surface area contributed by atoms with E-state index in [9.17, 15) is 4.79 Å². The molecular formula is C15H14ClNO2. The SMILES string of the molecule is Cc1ccc(CO)cc1NC(=O)c1ccccc1Cl. The van der Waals surface area contributed by atoms with Gasteiger partial charge in [0.2, 0.25) is 0 Å². The molecule has 0 aromatic heterocycles. The Morgan fingerprint density at radius 2 is 2.00 bits per heavy atom. The molecule has 2 rings (SSSR count). The predicted molar refractivity (Wildman–Crippen MR) is 76.5 cm³/mol. The van der Waals surface area contributed by atoms with Gasteiger partial charge in [0.05, 0.1) is 17.2 Å². The first kappa shape index (κ1) is 13.6. The summed E-state index contributed by atoms with van der Waals surface area (Å²) >= 11 is 5.98. The highest BCUT2D eigenvalue weighted by molar-refractivity contribution is 6.34. The van der Waals surface area contributed by atoms with Gasteiger partial charge in [0.1, 0.15) is 0 Å². The van der Waals surface area contributed by atoms with Crippen molar-refractivity contribution in [3.8, 4) is 0 Å². The number of aliphatic hydroxyl groups excluding tert-OH is 1. The van der Waals surface area contributed by atoms with Gasteiger partial charge in [-0.1, -0.05) is 35.9 Å². The first-order valence-electron chi connectivity index (χ1n) is 5.88. The summed E-state index contributed by atoms with van der Waals surface area (Å²) in [4.78, 5) is 12.1. The van der Waals surface area contributed by atoms with Crippen LogP contribution in [0.2, 0.25) is 5.02 Å². The summed E-state index contributed by atoms with van der Waals surface area (Å²) in [6.45, 7) is 1.83. The predicted octanol–water partition coefficient (Wildman–Crippen LogP) is 3.39. The van der Waals surface area contributed by atoms with Crippen molar-refractivity contribution in [2.45, 2.75) is 13.5 Å². The number of aliphatic hydroxyl groups is 1. The van der Waals surface area contributed by atoms with E-state index in [-0.39, 0.29) is 12.5 Å². The van der Waals surface area contributed by atoms with Crippen LogP contribution in [0.3, 0.4) is 0 Å². The molecule has 0 radical (unpaired) electrons. The van der Waals surface area contributed by atoms with Crippen molar-refractivity contribution in [3.63, 3.8) is 0 Å². The van der Waals surface area contributed by atoms with Crippen LogP contribution in [-0.2, 0) is 6.61 Å². The number of carbonyl (C=O) groups is 1. The van der Waals surface area contributed by atoms with Gasteiger partial charge >= 0.3 is 0 Å². The molecule has 4 heteroatoms. The first-order chi connectivity index (χ1) is 9.11. The van der Waals surface area contributed by atoms with Crippen LogP contribution in [-0.4, -0.2) is 11.0 Å². The lowest BCUT2D eigenvalue weighted by Crippen LogP contribution is -2.13. The number of aryl methyl sites for hydroxylation is 1. The third-order valence-corrected chi connectivity index (χ3v) is 3.18. The Kier molecular flexibility index (Phi) is 4.20. The molecule has 2 N–H and O–H groups in total. The van der Waals surface area contributed by atoms with E-state index in [0.29, 0.717) is 16.3 Å². The molecular weight excluding hydrogens is 262 g/mol. The van der Waals surface area contributed by atoms with Gasteiger partial charge in [0.15, 0.2) is 0 Å². The number of nitrogens with one attached hydrogen (secondary N) is 1. The van der Waals surface area contributed by atoms with Crippen molar-refractivity contribution in [3.05, 3.63) is 64.2 Å². The molecule has 1 amide bonds. The quantitative estimate of drug-likeness (QED) is 0.902. The average molecular weight is 276 g/mol. The van der Waals surface area contributed by atoms with E-state index in [4.69, 9.17) is 16.7 Å². The number of halogens is 1. The molecule has 0 bridgehead atoms. The van der Waals surface area contributed by atoms with Crippen molar-refractivity contribution in [2.75, 3.05) is 5.32 Å². The van der Waals surface area contributed by atoms with E-state index in [1.807, 2.05) is 19.1 Å². The topological polar surface area (TPSA) is 49.3 Å². The number of hydrogen-bond acceptors (Lipinski definition) is 2. The van der Waals surface area contributed by atoms with E-state index in [0.717, 1.165) is 11.1 Å². The summed E-state index contributed by atoms with van der Waals surface area (Å²) < 4.78 is 0. The first-order valence-corrected chi connectivity index (χ1v) is 6.26. The van der Waals surface area contributed by atoms with Gasteiger partial charge in [-0.3, -0.25) is 4.79 Å².